The number of ether oxygens (including phenoxy) is 1. The third kappa shape index (κ3) is 2.30. The molecule has 0 unspecified atom stereocenters. The van der Waals surface area contributed by atoms with Crippen molar-refractivity contribution in [2.24, 2.45) is 0 Å². The summed E-state index contributed by atoms with van der Waals surface area (Å²) in [6.07, 6.45) is 1.06. The summed E-state index contributed by atoms with van der Waals surface area (Å²) in [5.41, 5.74) is 4.07. The van der Waals surface area contributed by atoms with Crippen molar-refractivity contribution in [3.05, 3.63) is 65.7 Å². The van der Waals surface area contributed by atoms with Gasteiger partial charge in [0.25, 0.3) is 0 Å². The summed E-state index contributed by atoms with van der Waals surface area (Å²) in [7, 11) is 1.70. The first-order chi connectivity index (χ1) is 9.28. The van der Waals surface area contributed by atoms with E-state index in [9.17, 15) is 0 Å². The maximum Gasteiger partial charge on any atom is 0.118 e. The van der Waals surface area contributed by atoms with Crippen LogP contribution < -0.4 is 9.64 Å². The first-order valence-corrected chi connectivity index (χ1v) is 6.59. The number of para-hydroxylation sites is 1. The van der Waals surface area contributed by atoms with Gasteiger partial charge in [0.1, 0.15) is 5.75 Å². The van der Waals surface area contributed by atoms with Crippen molar-refractivity contribution in [2.75, 3.05) is 12.0 Å². The molecule has 2 aromatic rings. The van der Waals surface area contributed by atoms with Crippen LogP contribution in [0.2, 0.25) is 0 Å². The highest BCUT2D eigenvalue weighted by molar-refractivity contribution is 5.62. The van der Waals surface area contributed by atoms with Crippen LogP contribution in [0.5, 0.6) is 5.75 Å². The Morgan fingerprint density at radius 3 is 2.53 bits per heavy atom. The fourth-order valence-electron chi connectivity index (χ4n) is 2.63. The SMILES string of the molecule is COc1ccc(CN2[C](C)Cc3ccccc32)cc1. The predicted molar refractivity (Wildman–Crippen MR) is 78.2 cm³/mol. The zero-order chi connectivity index (χ0) is 13.2. The summed E-state index contributed by atoms with van der Waals surface area (Å²) >= 11 is 0. The molecule has 3 rings (SSSR count). The standard InChI is InChI=1S/C17H18NO/c1-13-11-15-5-3-4-6-17(15)18(13)12-14-7-9-16(19-2)10-8-14/h3-10H,11-12H2,1-2H3. The van der Waals surface area contributed by atoms with E-state index in [2.05, 4.69) is 48.2 Å². The number of fused-ring (bicyclic) bond motifs is 1. The fraction of sp³-hybridized carbons (Fsp3) is 0.235. The zero-order valence-corrected chi connectivity index (χ0v) is 11.4. The molecular weight excluding hydrogens is 234 g/mol. The second-order valence-electron chi connectivity index (χ2n) is 4.97. The molecule has 2 heteroatoms. The minimum Gasteiger partial charge on any atom is -0.497 e. The Labute approximate surface area is 114 Å². The summed E-state index contributed by atoms with van der Waals surface area (Å²) in [6, 6.07) is 18.4. The minimum absolute atomic E-state index is 0.909. The molecule has 0 aromatic heterocycles. The highest BCUT2D eigenvalue weighted by atomic mass is 16.5. The van der Waals surface area contributed by atoms with E-state index in [0.29, 0.717) is 0 Å². The lowest BCUT2D eigenvalue weighted by Gasteiger charge is -2.24. The van der Waals surface area contributed by atoms with Gasteiger partial charge in [-0.3, -0.25) is 0 Å². The van der Waals surface area contributed by atoms with Crippen LogP contribution in [0.25, 0.3) is 0 Å². The molecule has 0 N–H and O–H groups in total. The van der Waals surface area contributed by atoms with Crippen LogP contribution >= 0.6 is 0 Å². The number of anilines is 1. The Morgan fingerprint density at radius 1 is 1.05 bits per heavy atom. The van der Waals surface area contributed by atoms with Crippen LogP contribution in [0, 0.1) is 6.04 Å². The number of methoxy groups -OCH3 is 1. The Balaban J connectivity index is 1.82. The van der Waals surface area contributed by atoms with E-state index in [1.54, 1.807) is 7.11 Å². The molecule has 0 saturated heterocycles. The summed E-state index contributed by atoms with van der Waals surface area (Å²) in [5.74, 6) is 0.909. The van der Waals surface area contributed by atoms with Crippen molar-refractivity contribution in [1.29, 1.82) is 0 Å². The zero-order valence-electron chi connectivity index (χ0n) is 11.4. The summed E-state index contributed by atoms with van der Waals surface area (Å²) in [5, 5.41) is 0. The van der Waals surface area contributed by atoms with Crippen molar-refractivity contribution in [2.45, 2.75) is 19.9 Å². The highest BCUT2D eigenvalue weighted by Gasteiger charge is 2.25. The molecule has 97 valence electrons. The molecule has 0 fully saturated rings. The van der Waals surface area contributed by atoms with E-state index >= 15 is 0 Å². The van der Waals surface area contributed by atoms with Gasteiger partial charge in [-0.05, 0) is 42.7 Å². The number of rotatable bonds is 3. The average molecular weight is 252 g/mol. The lowest BCUT2D eigenvalue weighted by Crippen LogP contribution is -2.22. The Hall–Kier alpha value is -1.96. The van der Waals surface area contributed by atoms with Gasteiger partial charge in [0, 0.05) is 12.2 Å². The number of hydrogen-bond acceptors (Lipinski definition) is 2. The van der Waals surface area contributed by atoms with Gasteiger partial charge in [0.2, 0.25) is 0 Å². The van der Waals surface area contributed by atoms with Crippen molar-refractivity contribution in [3.8, 4) is 5.75 Å². The third-order valence-electron chi connectivity index (χ3n) is 3.69. The van der Waals surface area contributed by atoms with Crippen LogP contribution in [-0.2, 0) is 13.0 Å². The Bertz CT molecular complexity index is 562. The van der Waals surface area contributed by atoms with Crippen molar-refractivity contribution in [3.63, 3.8) is 0 Å². The average Bonchev–Trinajstić information content (AvgIpc) is 2.76. The Morgan fingerprint density at radius 2 is 1.79 bits per heavy atom. The number of benzene rings is 2. The third-order valence-corrected chi connectivity index (χ3v) is 3.69. The summed E-state index contributed by atoms with van der Waals surface area (Å²) in [4.78, 5) is 2.40. The second kappa shape index (κ2) is 4.96. The van der Waals surface area contributed by atoms with Crippen molar-refractivity contribution >= 4 is 5.69 Å². The van der Waals surface area contributed by atoms with E-state index in [4.69, 9.17) is 4.74 Å². The van der Waals surface area contributed by atoms with E-state index in [1.165, 1.54) is 22.9 Å². The fourth-order valence-corrected chi connectivity index (χ4v) is 2.63. The molecule has 0 aliphatic carbocycles. The maximum atomic E-state index is 5.20. The van der Waals surface area contributed by atoms with Gasteiger partial charge in [-0.2, -0.15) is 0 Å². The Kier molecular flexibility index (Phi) is 3.16. The molecular formula is C17H18NO. The summed E-state index contributed by atoms with van der Waals surface area (Å²) < 4.78 is 5.20. The van der Waals surface area contributed by atoms with Crippen LogP contribution in [0.15, 0.2) is 48.5 Å². The molecule has 0 saturated carbocycles. The lowest BCUT2D eigenvalue weighted by atomic mass is 10.1. The van der Waals surface area contributed by atoms with Crippen LogP contribution in [0.3, 0.4) is 0 Å². The maximum absolute atomic E-state index is 5.20. The van der Waals surface area contributed by atoms with Gasteiger partial charge in [0.05, 0.1) is 13.2 Å². The molecule has 0 amide bonds. The van der Waals surface area contributed by atoms with Gasteiger partial charge >= 0.3 is 0 Å². The molecule has 2 nitrogen and oxygen atoms in total. The van der Waals surface area contributed by atoms with E-state index in [0.717, 1.165) is 18.7 Å². The second-order valence-corrected chi connectivity index (χ2v) is 4.97. The molecule has 1 radical (unpaired) electrons. The summed E-state index contributed by atoms with van der Waals surface area (Å²) in [6.45, 7) is 3.14. The topological polar surface area (TPSA) is 12.5 Å². The van der Waals surface area contributed by atoms with E-state index < -0.39 is 0 Å². The largest absolute Gasteiger partial charge is 0.497 e. The normalized spacial score (nSPS) is 14.5. The van der Waals surface area contributed by atoms with Crippen molar-refractivity contribution in [1.82, 2.24) is 0 Å². The van der Waals surface area contributed by atoms with Crippen LogP contribution in [-0.4, -0.2) is 7.11 Å². The first kappa shape index (κ1) is 12.1. The molecule has 2 aromatic carbocycles. The molecule has 0 bridgehead atoms. The number of nitrogens with zero attached hydrogens (tertiary/aromatic N) is 1. The number of hydrogen-bond donors (Lipinski definition) is 0. The van der Waals surface area contributed by atoms with Crippen molar-refractivity contribution < 1.29 is 4.74 Å². The minimum atomic E-state index is 0.909. The van der Waals surface area contributed by atoms with Gasteiger partial charge in [0.15, 0.2) is 0 Å². The predicted octanol–water partition coefficient (Wildman–Crippen LogP) is 3.81. The van der Waals surface area contributed by atoms with Crippen LogP contribution in [0.1, 0.15) is 18.1 Å². The van der Waals surface area contributed by atoms with Crippen LogP contribution in [0.4, 0.5) is 5.69 Å². The molecule has 19 heavy (non-hydrogen) atoms. The van der Waals surface area contributed by atoms with Gasteiger partial charge in [-0.25, -0.2) is 0 Å². The molecule has 0 spiro atoms. The molecule has 1 heterocycles. The smallest absolute Gasteiger partial charge is 0.118 e. The molecule has 1 aliphatic rings. The van der Waals surface area contributed by atoms with E-state index in [-0.39, 0.29) is 0 Å². The monoisotopic (exact) mass is 252 g/mol. The quantitative estimate of drug-likeness (QED) is 0.823. The van der Waals surface area contributed by atoms with Gasteiger partial charge < -0.3 is 9.64 Å². The highest BCUT2D eigenvalue weighted by Crippen LogP contribution is 2.36. The van der Waals surface area contributed by atoms with Gasteiger partial charge in [-0.15, -0.1) is 0 Å². The first-order valence-electron chi connectivity index (χ1n) is 6.59. The van der Waals surface area contributed by atoms with E-state index in [1.807, 2.05) is 12.1 Å². The lowest BCUT2D eigenvalue weighted by molar-refractivity contribution is 0.414. The van der Waals surface area contributed by atoms with Gasteiger partial charge in [-0.1, -0.05) is 30.3 Å². The molecule has 1 aliphatic heterocycles. The molecule has 0 atom stereocenters.